The summed E-state index contributed by atoms with van der Waals surface area (Å²) >= 11 is 5.94. The van der Waals surface area contributed by atoms with Gasteiger partial charge < -0.3 is 15.4 Å². The molecule has 1 rings (SSSR count). The van der Waals surface area contributed by atoms with Crippen molar-refractivity contribution in [2.75, 3.05) is 26.7 Å². The molecular formula is C15H23ClN2O2. The fourth-order valence-electron chi connectivity index (χ4n) is 1.71. The van der Waals surface area contributed by atoms with E-state index in [2.05, 4.69) is 10.6 Å². The molecule has 2 N–H and O–H groups in total. The molecule has 0 aliphatic rings. The monoisotopic (exact) mass is 298 g/mol. The number of hydrogen-bond acceptors (Lipinski definition) is 3. The Morgan fingerprint density at radius 1 is 1.30 bits per heavy atom. The van der Waals surface area contributed by atoms with Crippen LogP contribution in [0.25, 0.3) is 0 Å². The molecule has 0 radical (unpaired) electrons. The zero-order valence-electron chi connectivity index (χ0n) is 12.2. The van der Waals surface area contributed by atoms with Crippen molar-refractivity contribution >= 4 is 17.5 Å². The number of nitrogens with one attached hydrogen (secondary N) is 2. The summed E-state index contributed by atoms with van der Waals surface area (Å²) in [6, 6.07) is 5.56. The van der Waals surface area contributed by atoms with Crippen LogP contribution in [-0.2, 0) is 4.79 Å². The van der Waals surface area contributed by atoms with Gasteiger partial charge in [-0.05, 0) is 57.1 Å². The van der Waals surface area contributed by atoms with Gasteiger partial charge in [0.25, 0.3) is 0 Å². The van der Waals surface area contributed by atoms with E-state index in [1.807, 2.05) is 32.2 Å². The zero-order valence-corrected chi connectivity index (χ0v) is 12.9. The molecule has 4 nitrogen and oxygen atoms in total. The molecule has 0 aromatic heterocycles. The van der Waals surface area contributed by atoms with Gasteiger partial charge in [0, 0.05) is 18.0 Å². The van der Waals surface area contributed by atoms with Gasteiger partial charge in [0.05, 0.1) is 6.61 Å². The second-order valence-electron chi connectivity index (χ2n) is 4.67. The minimum atomic E-state index is 0.0805. The molecule has 0 bridgehead atoms. The number of carbonyl (C=O) groups excluding carboxylic acids is 1. The summed E-state index contributed by atoms with van der Waals surface area (Å²) in [6.45, 7) is 4.11. The quantitative estimate of drug-likeness (QED) is 0.689. The highest BCUT2D eigenvalue weighted by Gasteiger charge is 2.02. The molecule has 1 amide bonds. The summed E-state index contributed by atoms with van der Waals surface area (Å²) in [7, 11) is 1.90. The van der Waals surface area contributed by atoms with E-state index in [0.29, 0.717) is 19.4 Å². The second kappa shape index (κ2) is 9.61. The fourth-order valence-corrected chi connectivity index (χ4v) is 1.83. The predicted octanol–water partition coefficient (Wildman–Crippen LogP) is 2.53. The molecule has 5 heteroatoms. The number of benzene rings is 1. The van der Waals surface area contributed by atoms with Crippen LogP contribution in [0.3, 0.4) is 0 Å². The van der Waals surface area contributed by atoms with Crippen LogP contribution in [0.5, 0.6) is 5.75 Å². The van der Waals surface area contributed by atoms with Crippen molar-refractivity contribution in [1.29, 1.82) is 0 Å². The van der Waals surface area contributed by atoms with E-state index in [4.69, 9.17) is 16.3 Å². The lowest BCUT2D eigenvalue weighted by molar-refractivity contribution is -0.121. The number of ether oxygens (including phenoxy) is 1. The first-order valence-electron chi connectivity index (χ1n) is 6.93. The SMILES string of the molecule is CNCCCNC(=O)CCCOc1ccc(Cl)c(C)c1. The Kier molecular flexibility index (Phi) is 8.07. The summed E-state index contributed by atoms with van der Waals surface area (Å²) in [5, 5.41) is 6.65. The van der Waals surface area contributed by atoms with Crippen molar-refractivity contribution < 1.29 is 9.53 Å². The lowest BCUT2D eigenvalue weighted by atomic mass is 10.2. The topological polar surface area (TPSA) is 50.4 Å². The number of halogens is 1. The van der Waals surface area contributed by atoms with Crippen LogP contribution in [0.1, 0.15) is 24.8 Å². The summed E-state index contributed by atoms with van der Waals surface area (Å²) in [6.07, 6.45) is 2.15. The fraction of sp³-hybridized carbons (Fsp3) is 0.533. The molecule has 0 aliphatic heterocycles. The van der Waals surface area contributed by atoms with E-state index in [-0.39, 0.29) is 5.91 Å². The Balaban J connectivity index is 2.12. The molecule has 0 heterocycles. The van der Waals surface area contributed by atoms with Gasteiger partial charge in [0.1, 0.15) is 5.75 Å². The molecule has 1 aromatic carbocycles. The number of hydrogen-bond donors (Lipinski definition) is 2. The average Bonchev–Trinajstić information content (AvgIpc) is 2.43. The summed E-state index contributed by atoms with van der Waals surface area (Å²) in [5.41, 5.74) is 0.992. The van der Waals surface area contributed by atoms with Crippen LogP contribution in [0.15, 0.2) is 18.2 Å². The highest BCUT2D eigenvalue weighted by atomic mass is 35.5. The number of rotatable bonds is 9. The minimum absolute atomic E-state index is 0.0805. The highest BCUT2D eigenvalue weighted by Crippen LogP contribution is 2.21. The van der Waals surface area contributed by atoms with Crippen LogP contribution >= 0.6 is 11.6 Å². The maximum Gasteiger partial charge on any atom is 0.220 e. The molecule has 1 aromatic rings. The van der Waals surface area contributed by atoms with Gasteiger partial charge in [-0.2, -0.15) is 0 Å². The Bertz CT molecular complexity index is 424. The molecule has 0 fully saturated rings. The van der Waals surface area contributed by atoms with Gasteiger partial charge in [-0.25, -0.2) is 0 Å². The lowest BCUT2D eigenvalue weighted by Crippen LogP contribution is -2.26. The van der Waals surface area contributed by atoms with Crippen LogP contribution in [0.4, 0.5) is 0 Å². The van der Waals surface area contributed by atoms with E-state index in [1.54, 1.807) is 0 Å². The van der Waals surface area contributed by atoms with Gasteiger partial charge in [-0.3, -0.25) is 4.79 Å². The third-order valence-electron chi connectivity index (χ3n) is 2.87. The Morgan fingerprint density at radius 3 is 2.80 bits per heavy atom. The maximum absolute atomic E-state index is 11.5. The number of amides is 1. The molecule has 0 saturated heterocycles. The smallest absolute Gasteiger partial charge is 0.220 e. The summed E-state index contributed by atoms with van der Waals surface area (Å²) in [4.78, 5) is 11.5. The van der Waals surface area contributed by atoms with Crippen molar-refractivity contribution in [2.24, 2.45) is 0 Å². The molecule has 0 atom stereocenters. The van der Waals surface area contributed by atoms with Crippen molar-refractivity contribution in [2.45, 2.75) is 26.2 Å². The van der Waals surface area contributed by atoms with Crippen molar-refractivity contribution in [1.82, 2.24) is 10.6 Å². The van der Waals surface area contributed by atoms with Crippen LogP contribution in [0, 0.1) is 6.92 Å². The van der Waals surface area contributed by atoms with Gasteiger partial charge in [-0.15, -0.1) is 0 Å². The van der Waals surface area contributed by atoms with Gasteiger partial charge in [0.15, 0.2) is 0 Å². The first kappa shape index (κ1) is 16.8. The third-order valence-corrected chi connectivity index (χ3v) is 3.30. The third kappa shape index (κ3) is 6.78. The van der Waals surface area contributed by atoms with E-state index >= 15 is 0 Å². The highest BCUT2D eigenvalue weighted by molar-refractivity contribution is 6.31. The molecule has 0 spiro atoms. The molecule has 0 saturated carbocycles. The van der Waals surface area contributed by atoms with E-state index < -0.39 is 0 Å². The van der Waals surface area contributed by atoms with E-state index in [9.17, 15) is 4.79 Å². The average molecular weight is 299 g/mol. The summed E-state index contributed by atoms with van der Waals surface area (Å²) in [5.74, 6) is 0.873. The normalized spacial score (nSPS) is 10.3. The zero-order chi connectivity index (χ0) is 14.8. The van der Waals surface area contributed by atoms with Crippen molar-refractivity contribution in [3.63, 3.8) is 0 Å². The standard InChI is InChI=1S/C15H23ClN2O2/c1-12-11-13(6-7-14(12)16)20-10-3-5-15(19)18-9-4-8-17-2/h6-7,11,17H,3-5,8-10H2,1-2H3,(H,18,19). The van der Waals surface area contributed by atoms with Crippen LogP contribution in [-0.4, -0.2) is 32.7 Å². The number of aryl methyl sites for hydroxylation is 1. The van der Waals surface area contributed by atoms with Crippen LogP contribution in [0.2, 0.25) is 5.02 Å². The first-order valence-corrected chi connectivity index (χ1v) is 7.31. The molecular weight excluding hydrogens is 276 g/mol. The maximum atomic E-state index is 11.5. The minimum Gasteiger partial charge on any atom is -0.494 e. The molecule has 20 heavy (non-hydrogen) atoms. The Hall–Kier alpha value is -1.26. The number of carbonyl (C=O) groups is 1. The largest absolute Gasteiger partial charge is 0.494 e. The Morgan fingerprint density at radius 2 is 2.10 bits per heavy atom. The van der Waals surface area contributed by atoms with Gasteiger partial charge >= 0.3 is 0 Å². The van der Waals surface area contributed by atoms with Crippen LogP contribution < -0.4 is 15.4 Å². The Labute approximate surface area is 125 Å². The predicted molar refractivity (Wildman–Crippen MR) is 82.5 cm³/mol. The van der Waals surface area contributed by atoms with E-state index in [0.717, 1.165) is 35.8 Å². The molecule has 112 valence electrons. The van der Waals surface area contributed by atoms with Gasteiger partial charge in [0.2, 0.25) is 5.91 Å². The molecule has 0 aliphatic carbocycles. The van der Waals surface area contributed by atoms with Gasteiger partial charge in [-0.1, -0.05) is 11.6 Å². The summed E-state index contributed by atoms with van der Waals surface area (Å²) < 4.78 is 5.59. The lowest BCUT2D eigenvalue weighted by Gasteiger charge is -2.08. The van der Waals surface area contributed by atoms with Crippen molar-refractivity contribution in [3.05, 3.63) is 28.8 Å². The second-order valence-corrected chi connectivity index (χ2v) is 5.08. The molecule has 0 unspecified atom stereocenters. The van der Waals surface area contributed by atoms with Crippen molar-refractivity contribution in [3.8, 4) is 5.75 Å². The van der Waals surface area contributed by atoms with E-state index in [1.165, 1.54) is 0 Å². The first-order chi connectivity index (χ1) is 9.63.